The van der Waals surface area contributed by atoms with Gasteiger partial charge < -0.3 is 24.8 Å². The molecule has 216 valence electrons. The average molecular weight is 663 g/mol. The molecule has 0 aliphatic heterocycles. The Morgan fingerprint density at radius 2 is 1.34 bits per heavy atom. The Bertz CT molecular complexity index is 1300. The van der Waals surface area contributed by atoms with Crippen LogP contribution in [0.1, 0.15) is 95.9 Å². The van der Waals surface area contributed by atoms with E-state index >= 15 is 0 Å². The molecule has 1 fully saturated rings. The van der Waals surface area contributed by atoms with E-state index in [1.807, 2.05) is 6.07 Å². The molecule has 0 radical (unpaired) electrons. The van der Waals surface area contributed by atoms with Crippen molar-refractivity contribution in [1.82, 2.24) is 0 Å². The van der Waals surface area contributed by atoms with Crippen molar-refractivity contribution in [2.24, 2.45) is 0 Å². The number of halogens is 2. The van der Waals surface area contributed by atoms with Gasteiger partial charge in [0.25, 0.3) is 0 Å². The van der Waals surface area contributed by atoms with Gasteiger partial charge in [-0.3, -0.25) is 0 Å². The summed E-state index contributed by atoms with van der Waals surface area (Å²) in [6, 6.07) is 33.8. The van der Waals surface area contributed by atoms with E-state index in [1.54, 1.807) is 27.4 Å². The molecule has 4 aromatic rings. The maximum absolute atomic E-state index is 3.53. The van der Waals surface area contributed by atoms with Gasteiger partial charge >= 0.3 is 59.5 Å². The number of hydrogen-bond donors (Lipinski definition) is 0. The smallest absolute Gasteiger partial charge is 0.0623 e. The SMILES string of the molecule is CC(C)(C)c1c[c-]c2c(c1)-c1cc(C(C)(C)C)ccc1C2.[Cl-].[Cl-].[Zr+2]=[C]1CCCCC1.c1ccc(-c2cc[cH-]c2)cc1. The Morgan fingerprint density at radius 1 is 0.707 bits per heavy atom. The van der Waals surface area contributed by atoms with Gasteiger partial charge in [-0.15, -0.1) is 5.56 Å². The van der Waals surface area contributed by atoms with Gasteiger partial charge in [-0.05, 0) is 17.4 Å². The molecule has 0 atom stereocenters. The van der Waals surface area contributed by atoms with E-state index in [1.165, 1.54) is 76.6 Å². The van der Waals surface area contributed by atoms with Crippen molar-refractivity contribution in [3.05, 3.63) is 113 Å². The minimum Gasteiger partial charge on any atom is -0.206 e. The standard InChI is InChI=1S/C21H25.C11H9.C6H10.2ClH.Zr/c1-20(2,3)16-9-7-14-11-15-8-10-17(21(4,5)6)13-19(15)18(14)12-16;1-2-6-10(7-3-1)11-8-4-5-9-11;1-2-4-6-5-3-1;;;/h7,9-10,12-13H,11H2,1-6H3;1-9H;1-5H2;2*1H;/q2*-1;;;;+2/p-2. The third-order valence-electron chi connectivity index (χ3n) is 7.75. The fraction of sp³-hybridized carbons (Fsp3) is 0.368. The van der Waals surface area contributed by atoms with Gasteiger partial charge in [0.2, 0.25) is 0 Å². The van der Waals surface area contributed by atoms with Crippen molar-refractivity contribution in [2.45, 2.75) is 90.9 Å². The van der Waals surface area contributed by atoms with Gasteiger partial charge in [0.1, 0.15) is 0 Å². The predicted octanol–water partition coefficient (Wildman–Crippen LogP) is 4.40. The molecule has 1 saturated carbocycles. The minimum absolute atomic E-state index is 0. The fourth-order valence-corrected chi connectivity index (χ4v) is 6.03. The zero-order valence-electron chi connectivity index (χ0n) is 25.6. The number of benzene rings is 3. The summed E-state index contributed by atoms with van der Waals surface area (Å²) in [5.74, 6) is 0. The molecule has 0 spiro atoms. The van der Waals surface area contributed by atoms with Crippen LogP contribution < -0.4 is 24.8 Å². The summed E-state index contributed by atoms with van der Waals surface area (Å²) in [5, 5.41) is 0. The van der Waals surface area contributed by atoms with Crippen LogP contribution in [0.25, 0.3) is 22.3 Å². The van der Waals surface area contributed by atoms with E-state index < -0.39 is 0 Å². The average Bonchev–Trinajstić information content (AvgIpc) is 3.57. The first-order valence-corrected chi connectivity index (χ1v) is 15.8. The molecule has 0 amide bonds. The van der Waals surface area contributed by atoms with Crippen LogP contribution in [0, 0.1) is 6.07 Å². The van der Waals surface area contributed by atoms with Gasteiger partial charge in [-0.25, -0.2) is 6.07 Å². The van der Waals surface area contributed by atoms with E-state index in [0.29, 0.717) is 0 Å². The second-order valence-electron chi connectivity index (χ2n) is 13.0. The van der Waals surface area contributed by atoms with Crippen molar-refractivity contribution < 1.29 is 49.0 Å². The van der Waals surface area contributed by atoms with Gasteiger partial charge in [0, 0.05) is 0 Å². The van der Waals surface area contributed by atoms with Crippen LogP contribution in [0.2, 0.25) is 0 Å². The molecule has 0 heterocycles. The van der Waals surface area contributed by atoms with Crippen LogP contribution >= 0.6 is 0 Å². The number of fused-ring (bicyclic) bond motifs is 3. The van der Waals surface area contributed by atoms with Crippen LogP contribution in [0.5, 0.6) is 0 Å². The Morgan fingerprint density at radius 3 is 1.88 bits per heavy atom. The van der Waals surface area contributed by atoms with Crippen LogP contribution in [-0.2, 0) is 41.5 Å². The van der Waals surface area contributed by atoms with Gasteiger partial charge in [-0.1, -0.05) is 112 Å². The Balaban J connectivity index is 0.000000246. The summed E-state index contributed by atoms with van der Waals surface area (Å²) in [5.41, 5.74) is 11.3. The molecule has 0 aromatic heterocycles. The topological polar surface area (TPSA) is 0 Å². The molecule has 4 aromatic carbocycles. The molecular weight excluding hydrogens is 619 g/mol. The molecule has 3 heteroatoms. The predicted molar refractivity (Wildman–Crippen MR) is 166 cm³/mol. The largest absolute Gasteiger partial charge is 0.206 e. The van der Waals surface area contributed by atoms with Crippen molar-refractivity contribution in [1.29, 1.82) is 0 Å². The van der Waals surface area contributed by atoms with E-state index in [0.717, 1.165) is 6.42 Å². The monoisotopic (exact) mass is 660 g/mol. The van der Waals surface area contributed by atoms with Crippen molar-refractivity contribution in [3.63, 3.8) is 0 Å². The molecule has 0 unspecified atom stereocenters. The summed E-state index contributed by atoms with van der Waals surface area (Å²) < 4.78 is 1.80. The maximum atomic E-state index is 3.53. The molecule has 0 saturated heterocycles. The first-order chi connectivity index (χ1) is 18.5. The van der Waals surface area contributed by atoms with E-state index in [9.17, 15) is 0 Å². The third-order valence-corrected chi connectivity index (χ3v) is 8.98. The second-order valence-corrected chi connectivity index (χ2v) is 14.8. The third kappa shape index (κ3) is 9.95. The van der Waals surface area contributed by atoms with Crippen molar-refractivity contribution in [2.75, 3.05) is 0 Å². The van der Waals surface area contributed by atoms with Crippen LogP contribution in [0.15, 0.2) is 84.9 Å². The number of hydrogen-bond acceptors (Lipinski definition) is 0. The number of rotatable bonds is 1. The maximum Gasteiger partial charge on any atom is -0.0623 e. The molecule has 0 N–H and O–H groups in total. The van der Waals surface area contributed by atoms with Crippen LogP contribution in [-0.4, -0.2) is 3.21 Å². The van der Waals surface area contributed by atoms with Gasteiger partial charge in [0.05, 0.1) is 0 Å². The Hall–Kier alpha value is -1.66. The summed E-state index contributed by atoms with van der Waals surface area (Å²) in [4.78, 5) is 0. The van der Waals surface area contributed by atoms with E-state index in [2.05, 4.69) is 126 Å². The van der Waals surface area contributed by atoms with Crippen LogP contribution in [0.4, 0.5) is 0 Å². The summed E-state index contributed by atoms with van der Waals surface area (Å²) >= 11 is 1.69. The summed E-state index contributed by atoms with van der Waals surface area (Å²) in [7, 11) is 0. The molecule has 0 nitrogen and oxygen atoms in total. The normalized spacial score (nSPS) is 13.7. The van der Waals surface area contributed by atoms with Crippen molar-refractivity contribution in [3.8, 4) is 22.3 Å². The minimum atomic E-state index is 0. The zero-order valence-corrected chi connectivity index (χ0v) is 29.6. The first kappa shape index (κ1) is 35.5. The molecule has 2 aliphatic rings. The molecular formula is C38H44Cl2Zr-2. The van der Waals surface area contributed by atoms with Crippen molar-refractivity contribution >= 4 is 3.21 Å². The fourth-order valence-electron chi connectivity index (χ4n) is 5.16. The Kier molecular flexibility index (Phi) is 13.6. The van der Waals surface area contributed by atoms with Gasteiger partial charge in [-0.2, -0.15) is 53.1 Å². The van der Waals surface area contributed by atoms with Gasteiger partial charge in [0.15, 0.2) is 0 Å². The van der Waals surface area contributed by atoms with Crippen LogP contribution in [0.3, 0.4) is 0 Å². The second kappa shape index (κ2) is 15.7. The molecule has 2 aliphatic carbocycles. The van der Waals surface area contributed by atoms with E-state index in [-0.39, 0.29) is 35.6 Å². The zero-order chi connectivity index (χ0) is 28.0. The van der Waals surface area contributed by atoms with E-state index in [4.69, 9.17) is 0 Å². The molecule has 6 rings (SSSR count). The first-order valence-electron chi connectivity index (χ1n) is 14.5. The summed E-state index contributed by atoms with van der Waals surface area (Å²) in [6.07, 6.45) is 8.34. The quantitative estimate of drug-likeness (QED) is 0.234. The molecule has 0 bridgehead atoms. The molecule has 41 heavy (non-hydrogen) atoms. The summed E-state index contributed by atoms with van der Waals surface area (Å²) in [6.45, 7) is 13.6. The Labute approximate surface area is 276 Å².